The van der Waals surface area contributed by atoms with Gasteiger partial charge in [0.15, 0.2) is 0 Å². The van der Waals surface area contributed by atoms with Gasteiger partial charge < -0.3 is 5.32 Å². The molecule has 0 heterocycles. The maximum Gasteiger partial charge on any atom is 0.238 e. The molecule has 2 aromatic rings. The second-order valence-corrected chi connectivity index (χ2v) is 5.54. The molecule has 3 nitrogen and oxygen atoms in total. The van der Waals surface area contributed by atoms with Crippen LogP contribution in [0, 0.1) is 5.82 Å². The number of nitrogens with one attached hydrogen (secondary N) is 1. The third-order valence-electron chi connectivity index (χ3n) is 3.41. The Morgan fingerprint density at radius 1 is 1.14 bits per heavy atom. The third-order valence-corrected chi connectivity index (χ3v) is 3.41. The summed E-state index contributed by atoms with van der Waals surface area (Å²) in [6, 6.07) is 16.2. The number of carbonyl (C=O) groups excluding carboxylic acids is 1. The molecule has 4 heteroatoms. The van der Waals surface area contributed by atoms with E-state index in [1.54, 1.807) is 12.1 Å². The van der Waals surface area contributed by atoms with E-state index in [9.17, 15) is 9.18 Å². The number of nitrogens with zero attached hydrogens (tertiary/aromatic N) is 1. The molecule has 2 aromatic carbocycles. The number of rotatable bonds is 6. The Morgan fingerprint density at radius 3 is 2.50 bits per heavy atom. The largest absolute Gasteiger partial charge is 0.325 e. The van der Waals surface area contributed by atoms with Crippen LogP contribution in [0.15, 0.2) is 54.6 Å². The summed E-state index contributed by atoms with van der Waals surface area (Å²) in [5.74, 6) is -0.502. The molecule has 2 rings (SSSR count). The molecule has 0 aliphatic carbocycles. The lowest BCUT2D eigenvalue weighted by atomic mass is 10.2. The fourth-order valence-electron chi connectivity index (χ4n) is 2.19. The van der Waals surface area contributed by atoms with E-state index in [1.807, 2.05) is 30.3 Å². The molecule has 0 aliphatic heterocycles. The molecule has 116 valence electrons. The normalized spacial score (nSPS) is 11.0. The van der Waals surface area contributed by atoms with Crippen LogP contribution in [0.2, 0.25) is 0 Å². The van der Waals surface area contributed by atoms with Crippen LogP contribution in [0.4, 0.5) is 10.1 Å². The van der Waals surface area contributed by atoms with Crippen LogP contribution in [-0.4, -0.2) is 23.4 Å². The number of hydrogen-bond donors (Lipinski definition) is 1. The van der Waals surface area contributed by atoms with Crippen molar-refractivity contribution in [1.29, 1.82) is 0 Å². The fraction of sp³-hybridized carbons (Fsp3) is 0.278. The molecule has 0 spiro atoms. The van der Waals surface area contributed by atoms with Crippen LogP contribution < -0.4 is 5.32 Å². The zero-order valence-corrected chi connectivity index (χ0v) is 12.9. The van der Waals surface area contributed by atoms with Crippen LogP contribution in [0.25, 0.3) is 0 Å². The van der Waals surface area contributed by atoms with Crippen molar-refractivity contribution < 1.29 is 9.18 Å². The highest BCUT2D eigenvalue weighted by Crippen LogP contribution is 2.11. The maximum absolute atomic E-state index is 13.1. The van der Waals surface area contributed by atoms with Crippen molar-refractivity contribution in [3.63, 3.8) is 0 Å². The standard InChI is InChI=1S/C18H21FN2O/c1-14(2)21(12-15-7-4-3-5-8-15)13-18(22)20-17-10-6-9-16(19)11-17/h3-11,14H,12-13H2,1-2H3,(H,20,22). The van der Waals surface area contributed by atoms with Crippen LogP contribution in [0.5, 0.6) is 0 Å². The van der Waals surface area contributed by atoms with Crippen molar-refractivity contribution in [2.75, 3.05) is 11.9 Å². The minimum Gasteiger partial charge on any atom is -0.325 e. The predicted octanol–water partition coefficient (Wildman–Crippen LogP) is 3.67. The number of halogens is 1. The van der Waals surface area contributed by atoms with Crippen LogP contribution in [-0.2, 0) is 11.3 Å². The van der Waals surface area contributed by atoms with Crippen molar-refractivity contribution in [3.05, 3.63) is 66.0 Å². The number of anilines is 1. The van der Waals surface area contributed by atoms with Gasteiger partial charge in [-0.1, -0.05) is 36.4 Å². The number of hydrogen-bond acceptors (Lipinski definition) is 2. The lowest BCUT2D eigenvalue weighted by Crippen LogP contribution is -2.37. The Hall–Kier alpha value is -2.20. The first-order valence-corrected chi connectivity index (χ1v) is 7.38. The molecule has 22 heavy (non-hydrogen) atoms. The first-order valence-electron chi connectivity index (χ1n) is 7.38. The summed E-state index contributed by atoms with van der Waals surface area (Å²) in [5.41, 5.74) is 1.64. The molecule has 1 amide bonds. The summed E-state index contributed by atoms with van der Waals surface area (Å²) in [5, 5.41) is 2.73. The highest BCUT2D eigenvalue weighted by Gasteiger charge is 2.14. The maximum atomic E-state index is 13.1. The number of benzene rings is 2. The van der Waals surface area contributed by atoms with E-state index in [4.69, 9.17) is 0 Å². The highest BCUT2D eigenvalue weighted by atomic mass is 19.1. The smallest absolute Gasteiger partial charge is 0.238 e. The van der Waals surface area contributed by atoms with Crippen LogP contribution in [0.1, 0.15) is 19.4 Å². The average Bonchev–Trinajstić information content (AvgIpc) is 2.47. The quantitative estimate of drug-likeness (QED) is 0.882. The predicted molar refractivity (Wildman–Crippen MR) is 87.0 cm³/mol. The molecule has 0 fully saturated rings. The van der Waals surface area contributed by atoms with E-state index in [1.165, 1.54) is 12.1 Å². The zero-order chi connectivity index (χ0) is 15.9. The summed E-state index contributed by atoms with van der Waals surface area (Å²) in [7, 11) is 0. The van der Waals surface area contributed by atoms with Gasteiger partial charge in [0, 0.05) is 18.3 Å². The van der Waals surface area contributed by atoms with Gasteiger partial charge in [-0.25, -0.2) is 4.39 Å². The summed E-state index contributed by atoms with van der Waals surface area (Å²) in [6.07, 6.45) is 0. The second kappa shape index (κ2) is 7.71. The average molecular weight is 300 g/mol. The summed E-state index contributed by atoms with van der Waals surface area (Å²) < 4.78 is 13.1. The van der Waals surface area contributed by atoms with Gasteiger partial charge in [0.2, 0.25) is 5.91 Å². The molecule has 0 saturated heterocycles. The number of amides is 1. The molecule has 0 radical (unpaired) electrons. The van der Waals surface area contributed by atoms with Gasteiger partial charge in [0.05, 0.1) is 6.54 Å². The van der Waals surface area contributed by atoms with Gasteiger partial charge in [-0.3, -0.25) is 9.69 Å². The van der Waals surface area contributed by atoms with Crippen molar-refractivity contribution >= 4 is 11.6 Å². The molecule has 0 aromatic heterocycles. The molecule has 0 saturated carbocycles. The van der Waals surface area contributed by atoms with Crippen molar-refractivity contribution in [2.24, 2.45) is 0 Å². The topological polar surface area (TPSA) is 32.3 Å². The molecular formula is C18H21FN2O. The van der Waals surface area contributed by atoms with E-state index in [0.29, 0.717) is 12.2 Å². The lowest BCUT2D eigenvalue weighted by Gasteiger charge is -2.25. The monoisotopic (exact) mass is 300 g/mol. The Labute approximate surface area is 130 Å². The molecule has 0 atom stereocenters. The Morgan fingerprint density at radius 2 is 1.86 bits per heavy atom. The molecule has 1 N–H and O–H groups in total. The summed E-state index contributed by atoms with van der Waals surface area (Å²) in [6.45, 7) is 5.08. The Bertz CT molecular complexity index is 613. The van der Waals surface area contributed by atoms with E-state index < -0.39 is 0 Å². The fourth-order valence-corrected chi connectivity index (χ4v) is 2.19. The minimum atomic E-state index is -0.359. The van der Waals surface area contributed by atoms with Gasteiger partial charge in [-0.05, 0) is 37.6 Å². The highest BCUT2D eigenvalue weighted by molar-refractivity contribution is 5.92. The second-order valence-electron chi connectivity index (χ2n) is 5.54. The molecule has 0 aliphatic rings. The zero-order valence-electron chi connectivity index (χ0n) is 12.9. The van der Waals surface area contributed by atoms with E-state index in [-0.39, 0.29) is 24.3 Å². The minimum absolute atomic E-state index is 0.143. The lowest BCUT2D eigenvalue weighted by molar-refractivity contribution is -0.117. The molecular weight excluding hydrogens is 279 g/mol. The van der Waals surface area contributed by atoms with E-state index >= 15 is 0 Å². The van der Waals surface area contributed by atoms with Gasteiger partial charge in [0.1, 0.15) is 5.82 Å². The molecule has 0 bridgehead atoms. The first-order chi connectivity index (χ1) is 10.5. The van der Waals surface area contributed by atoms with Gasteiger partial charge >= 0.3 is 0 Å². The third kappa shape index (κ3) is 4.97. The van der Waals surface area contributed by atoms with E-state index in [2.05, 4.69) is 24.1 Å². The molecule has 0 unspecified atom stereocenters. The van der Waals surface area contributed by atoms with Crippen molar-refractivity contribution in [1.82, 2.24) is 4.90 Å². The van der Waals surface area contributed by atoms with E-state index in [0.717, 1.165) is 5.56 Å². The SMILES string of the molecule is CC(C)N(CC(=O)Nc1cccc(F)c1)Cc1ccccc1. The first kappa shape index (κ1) is 16.2. The Kier molecular flexibility index (Phi) is 5.67. The van der Waals surface area contributed by atoms with Crippen LogP contribution >= 0.6 is 0 Å². The van der Waals surface area contributed by atoms with Crippen LogP contribution in [0.3, 0.4) is 0 Å². The van der Waals surface area contributed by atoms with Gasteiger partial charge in [-0.2, -0.15) is 0 Å². The Balaban J connectivity index is 1.97. The number of carbonyl (C=O) groups is 1. The van der Waals surface area contributed by atoms with Crippen molar-refractivity contribution in [3.8, 4) is 0 Å². The van der Waals surface area contributed by atoms with Gasteiger partial charge in [0.25, 0.3) is 0 Å². The summed E-state index contributed by atoms with van der Waals surface area (Å²) >= 11 is 0. The summed E-state index contributed by atoms with van der Waals surface area (Å²) in [4.78, 5) is 14.2. The van der Waals surface area contributed by atoms with Gasteiger partial charge in [-0.15, -0.1) is 0 Å². The van der Waals surface area contributed by atoms with Crippen molar-refractivity contribution in [2.45, 2.75) is 26.4 Å².